The zero-order valence-corrected chi connectivity index (χ0v) is 28.0. The number of anilines is 2. The summed E-state index contributed by atoms with van der Waals surface area (Å²) in [4.78, 5) is 27.3. The lowest BCUT2D eigenvalue weighted by Crippen LogP contribution is -2.37. The van der Waals surface area contributed by atoms with E-state index in [1.165, 1.54) is 12.1 Å². The number of hydrogen-bond acceptors (Lipinski definition) is 12. The van der Waals surface area contributed by atoms with Crippen molar-refractivity contribution in [3.8, 4) is 0 Å². The van der Waals surface area contributed by atoms with Crippen molar-refractivity contribution in [1.82, 2.24) is 35.2 Å². The smallest absolute Gasteiger partial charge is 0.228 e. The van der Waals surface area contributed by atoms with Gasteiger partial charge in [-0.15, -0.1) is 0 Å². The number of nitrogens with zero attached hydrogens (tertiary/aromatic N) is 8. The second kappa shape index (κ2) is 20.0. The Hall–Kier alpha value is -1.29. The number of rotatable bonds is 2. The molecule has 12 nitrogen and oxygen atoms in total. The lowest BCUT2D eigenvalue weighted by atomic mass is 10.4. The molecule has 236 valence electrons. The van der Waals surface area contributed by atoms with E-state index in [4.69, 9.17) is 95.4 Å². The Kier molecular flexibility index (Phi) is 16.8. The third kappa shape index (κ3) is 14.6. The third-order valence-corrected chi connectivity index (χ3v) is 6.72. The van der Waals surface area contributed by atoms with Crippen LogP contribution in [0.15, 0.2) is 18.2 Å². The maximum absolute atomic E-state index is 5.78. The van der Waals surface area contributed by atoms with E-state index in [9.17, 15) is 0 Å². The fourth-order valence-electron chi connectivity index (χ4n) is 3.50. The van der Waals surface area contributed by atoms with Crippen LogP contribution in [-0.2, 0) is 14.2 Å². The summed E-state index contributed by atoms with van der Waals surface area (Å²) in [6, 6.07) is 4.64. The van der Waals surface area contributed by atoms with Crippen LogP contribution in [0.3, 0.4) is 0 Å². The molecule has 3 aliphatic heterocycles. The van der Waals surface area contributed by atoms with Crippen molar-refractivity contribution < 1.29 is 14.2 Å². The second-order valence-electron chi connectivity index (χ2n) is 8.47. The summed E-state index contributed by atoms with van der Waals surface area (Å²) >= 11 is 39.3. The first-order valence-corrected chi connectivity index (χ1v) is 15.5. The van der Waals surface area contributed by atoms with Crippen molar-refractivity contribution in [1.29, 1.82) is 0 Å². The highest BCUT2D eigenvalue weighted by Crippen LogP contribution is 2.20. The lowest BCUT2D eigenvalue weighted by molar-refractivity contribution is 0.109. The average molecular weight is 739 g/mol. The molecule has 3 saturated heterocycles. The summed E-state index contributed by atoms with van der Waals surface area (Å²) in [5.74, 6) is 1.34. The molecule has 0 amide bonds. The molecule has 0 radical (unpaired) electrons. The van der Waals surface area contributed by atoms with Crippen LogP contribution in [-0.4, -0.2) is 109 Å². The molecule has 1 N–H and O–H groups in total. The van der Waals surface area contributed by atoms with Gasteiger partial charge in [0.2, 0.25) is 16.5 Å². The molecule has 0 saturated carbocycles. The van der Waals surface area contributed by atoms with Crippen LogP contribution in [0, 0.1) is 0 Å². The van der Waals surface area contributed by atoms with Crippen LogP contribution in [0.25, 0.3) is 0 Å². The minimum absolute atomic E-state index is 0.0625. The van der Waals surface area contributed by atoms with E-state index in [1.807, 2.05) is 4.90 Å². The fourth-order valence-corrected chi connectivity index (χ4v) is 5.00. The first-order chi connectivity index (χ1) is 20.7. The van der Waals surface area contributed by atoms with E-state index < -0.39 is 0 Å². The van der Waals surface area contributed by atoms with E-state index in [2.05, 4.69) is 40.1 Å². The van der Waals surface area contributed by atoms with Gasteiger partial charge in [-0.3, -0.25) is 0 Å². The van der Waals surface area contributed by atoms with Gasteiger partial charge < -0.3 is 29.3 Å². The zero-order chi connectivity index (χ0) is 31.0. The first-order valence-electron chi connectivity index (χ1n) is 12.9. The SMILES string of the molecule is C1COCCN1.Clc1cc(Cl)nc(Cl)n1.Clc1cc(Cl)nc(N2CCOCC2)n1.Clc1cc(N2CCOCC2)nc(Cl)n1. The van der Waals surface area contributed by atoms with Gasteiger partial charge in [-0.05, 0) is 23.2 Å². The Balaban J connectivity index is 0.000000164. The molecule has 3 aromatic heterocycles. The summed E-state index contributed by atoms with van der Waals surface area (Å²) in [6.45, 7) is 9.79. The number of aromatic nitrogens is 6. The largest absolute Gasteiger partial charge is 0.379 e. The van der Waals surface area contributed by atoms with Gasteiger partial charge in [0.1, 0.15) is 31.6 Å². The van der Waals surface area contributed by atoms with Crippen molar-refractivity contribution in [3.05, 3.63) is 54.5 Å². The van der Waals surface area contributed by atoms with Gasteiger partial charge in [0, 0.05) is 57.5 Å². The van der Waals surface area contributed by atoms with Gasteiger partial charge in [-0.25, -0.2) is 29.9 Å². The Morgan fingerprint density at radius 2 is 0.884 bits per heavy atom. The van der Waals surface area contributed by atoms with Crippen molar-refractivity contribution in [3.63, 3.8) is 0 Å². The molecule has 6 heterocycles. The summed E-state index contributed by atoms with van der Waals surface area (Å²) < 4.78 is 15.5. The molecule has 0 bridgehead atoms. The van der Waals surface area contributed by atoms with E-state index >= 15 is 0 Å². The number of ether oxygens (including phenoxy) is 3. The molecule has 0 atom stereocenters. The number of nitrogens with one attached hydrogen (secondary N) is 1. The highest BCUT2D eigenvalue weighted by molar-refractivity contribution is 6.35. The molecule has 3 fully saturated rings. The maximum atomic E-state index is 5.78. The predicted molar refractivity (Wildman–Crippen MR) is 171 cm³/mol. The van der Waals surface area contributed by atoms with Crippen LogP contribution in [0.5, 0.6) is 0 Å². The Bertz CT molecular complexity index is 1100. The minimum atomic E-state index is 0.0625. The molecule has 0 unspecified atom stereocenters. The van der Waals surface area contributed by atoms with Crippen LogP contribution in [0.2, 0.25) is 36.3 Å². The number of hydrogen-bond donors (Lipinski definition) is 1. The van der Waals surface area contributed by atoms with Gasteiger partial charge in [-0.2, -0.15) is 0 Å². The van der Waals surface area contributed by atoms with Crippen LogP contribution in [0.1, 0.15) is 0 Å². The maximum Gasteiger partial charge on any atom is 0.228 e. The third-order valence-electron chi connectivity index (χ3n) is 5.42. The van der Waals surface area contributed by atoms with Crippen LogP contribution < -0.4 is 15.1 Å². The molecule has 43 heavy (non-hydrogen) atoms. The molecule has 3 aromatic rings. The average Bonchev–Trinajstić information content (AvgIpc) is 2.98. The molecule has 0 spiro atoms. The quantitative estimate of drug-likeness (QED) is 0.272. The standard InChI is InChI=1S/2C8H9Cl2N3O.C4HCl3N2.C4H9NO/c9-6-5-7(12-8(10)11-6)13-1-3-14-4-2-13;9-6-5-7(10)12-8(11-6)13-1-3-14-4-2-13;5-2-1-3(6)9-4(7)8-2;1-3-6-4-2-5-1/h2*5H,1-4H2;1H;5H,1-4H2. The molecule has 0 aromatic carbocycles. The summed E-state index contributed by atoms with van der Waals surface area (Å²) in [7, 11) is 0. The molecule has 0 aliphatic carbocycles. The number of morpholine rings is 3. The molecule has 3 aliphatic rings. The molecular weight excluding hydrogens is 710 g/mol. The van der Waals surface area contributed by atoms with E-state index in [1.54, 1.807) is 6.07 Å². The summed E-state index contributed by atoms with van der Waals surface area (Å²) in [5.41, 5.74) is 0. The summed E-state index contributed by atoms with van der Waals surface area (Å²) in [5, 5.41) is 5.00. The van der Waals surface area contributed by atoms with Gasteiger partial charge in [0.25, 0.3) is 0 Å². The first kappa shape index (κ1) is 36.2. The molecular formula is C24H28Cl7N9O3. The van der Waals surface area contributed by atoms with Gasteiger partial charge in [0.05, 0.1) is 39.6 Å². The van der Waals surface area contributed by atoms with Gasteiger partial charge in [0.15, 0.2) is 0 Å². The highest BCUT2D eigenvalue weighted by atomic mass is 35.5. The van der Waals surface area contributed by atoms with Crippen molar-refractivity contribution in [2.24, 2.45) is 0 Å². The van der Waals surface area contributed by atoms with Crippen LogP contribution >= 0.6 is 81.2 Å². The van der Waals surface area contributed by atoms with E-state index in [0.717, 1.165) is 58.3 Å². The minimum Gasteiger partial charge on any atom is -0.379 e. The fraction of sp³-hybridized carbons (Fsp3) is 0.500. The topological polar surface area (TPSA) is 124 Å². The second-order valence-corrected chi connectivity index (χ2v) is 11.1. The zero-order valence-electron chi connectivity index (χ0n) is 22.7. The van der Waals surface area contributed by atoms with Gasteiger partial charge in [-0.1, -0.05) is 58.0 Å². The number of halogens is 7. The van der Waals surface area contributed by atoms with Crippen molar-refractivity contribution in [2.75, 3.05) is 88.7 Å². The predicted octanol–water partition coefficient (Wildman–Crippen LogP) is 5.28. The van der Waals surface area contributed by atoms with Gasteiger partial charge >= 0.3 is 0 Å². The van der Waals surface area contributed by atoms with Crippen molar-refractivity contribution >= 4 is 93.0 Å². The Morgan fingerprint density at radius 3 is 1.28 bits per heavy atom. The highest BCUT2D eigenvalue weighted by Gasteiger charge is 2.15. The monoisotopic (exact) mass is 735 g/mol. The van der Waals surface area contributed by atoms with E-state index in [-0.39, 0.29) is 20.9 Å². The Labute approximate surface area is 284 Å². The Morgan fingerprint density at radius 1 is 0.488 bits per heavy atom. The van der Waals surface area contributed by atoms with E-state index in [0.29, 0.717) is 47.8 Å². The molecule has 19 heteroatoms. The van der Waals surface area contributed by atoms with Crippen molar-refractivity contribution in [2.45, 2.75) is 0 Å². The lowest BCUT2D eigenvalue weighted by Gasteiger charge is -2.27. The normalized spacial score (nSPS) is 16.5. The summed E-state index contributed by atoms with van der Waals surface area (Å²) in [6.07, 6.45) is 0. The molecule has 6 rings (SSSR count). The van der Waals surface area contributed by atoms with Crippen LogP contribution in [0.4, 0.5) is 11.8 Å².